The van der Waals surface area contributed by atoms with Gasteiger partial charge in [0.05, 0.1) is 30.1 Å². The van der Waals surface area contributed by atoms with Crippen molar-refractivity contribution in [3.05, 3.63) is 0 Å². The first-order chi connectivity index (χ1) is 10.5. The number of carbonyl (C=O) groups excluding carboxylic acids is 3. The van der Waals surface area contributed by atoms with Gasteiger partial charge in [0, 0.05) is 20.5 Å². The molecule has 0 aromatic carbocycles. The van der Waals surface area contributed by atoms with Gasteiger partial charge in [-0.2, -0.15) is 0 Å². The van der Waals surface area contributed by atoms with Crippen LogP contribution >= 0.6 is 0 Å². The van der Waals surface area contributed by atoms with Gasteiger partial charge in [0.2, 0.25) is 11.7 Å². The largest absolute Gasteiger partial charge is 0.462 e. The topological polar surface area (TPSA) is 129 Å². The third-order valence-corrected chi connectivity index (χ3v) is 2.45. The summed E-state index contributed by atoms with van der Waals surface area (Å²) in [6, 6.07) is -0.917. The Bertz CT molecular complexity index is 420. The molecule has 0 aliphatic carbocycles. The zero-order valence-electron chi connectivity index (χ0n) is 12.8. The molecular formula is C13H22N3O6+. The molecule has 0 saturated heterocycles. The predicted octanol–water partition coefficient (Wildman–Crippen LogP) is -0.643. The van der Waals surface area contributed by atoms with Crippen LogP contribution < -0.4 is 5.32 Å². The normalized spacial score (nSPS) is 11.2. The van der Waals surface area contributed by atoms with E-state index in [2.05, 4.69) is 10.1 Å². The van der Waals surface area contributed by atoms with Gasteiger partial charge in [0.1, 0.15) is 12.6 Å². The molecule has 0 aromatic rings. The van der Waals surface area contributed by atoms with Crippen LogP contribution in [0.25, 0.3) is 0 Å². The van der Waals surface area contributed by atoms with Crippen molar-refractivity contribution >= 4 is 23.9 Å². The molecule has 9 heteroatoms. The van der Waals surface area contributed by atoms with Gasteiger partial charge in [-0.3, -0.25) is 9.59 Å². The summed E-state index contributed by atoms with van der Waals surface area (Å²) in [4.78, 5) is 37.0. The maximum Gasteiger partial charge on any atom is 0.372 e. The van der Waals surface area contributed by atoms with Crippen LogP contribution in [0.15, 0.2) is 0 Å². The van der Waals surface area contributed by atoms with Gasteiger partial charge in [0.25, 0.3) is 0 Å². The first-order valence-corrected chi connectivity index (χ1v) is 6.74. The number of amides is 1. The highest BCUT2D eigenvalue weighted by Gasteiger charge is 2.22. The van der Waals surface area contributed by atoms with Gasteiger partial charge >= 0.3 is 12.2 Å². The van der Waals surface area contributed by atoms with Gasteiger partial charge in [-0.05, 0) is 6.42 Å². The van der Waals surface area contributed by atoms with Crippen LogP contribution in [0, 0.1) is 5.53 Å². The number of methoxy groups -OCH3 is 1. The summed E-state index contributed by atoms with van der Waals surface area (Å²) in [7, 11) is 1.55. The molecule has 0 rings (SSSR count). The zero-order valence-corrected chi connectivity index (χ0v) is 12.8. The molecule has 0 fully saturated rings. The second kappa shape index (κ2) is 12.6. The maximum absolute atomic E-state index is 11.8. The maximum atomic E-state index is 11.8. The fourth-order valence-corrected chi connectivity index (χ4v) is 1.46. The Morgan fingerprint density at radius 1 is 1.23 bits per heavy atom. The van der Waals surface area contributed by atoms with Crippen LogP contribution in [-0.4, -0.2) is 68.2 Å². The number of hydrogen-bond donors (Lipinski definition) is 2. The van der Waals surface area contributed by atoms with Crippen molar-refractivity contribution in [2.45, 2.75) is 25.8 Å². The lowest BCUT2D eigenvalue weighted by atomic mass is 10.1. The number of hydrogen-bond acceptors (Lipinski definition) is 7. The standard InChI is InChI=1S/C13H21N3O6/c1-10(17)16-12(4-3-11(18)9-15-14)13(19)22-8-7-21-6-5-20-2/h9,12,14H,3-8H2,1-2H3/p+1/t12-/m0/s1. The van der Waals surface area contributed by atoms with E-state index < -0.39 is 23.7 Å². The number of nitrogens with one attached hydrogen (secondary N) is 2. The van der Waals surface area contributed by atoms with Crippen LogP contribution in [0.3, 0.4) is 0 Å². The molecule has 0 unspecified atom stereocenters. The minimum atomic E-state index is -0.917. The van der Waals surface area contributed by atoms with Gasteiger partial charge in [0.15, 0.2) is 0 Å². The van der Waals surface area contributed by atoms with Crippen molar-refractivity contribution in [1.29, 1.82) is 5.53 Å². The molecule has 0 radical (unpaired) electrons. The highest BCUT2D eigenvalue weighted by atomic mass is 16.6. The van der Waals surface area contributed by atoms with Crippen molar-refractivity contribution in [1.82, 2.24) is 5.32 Å². The number of ether oxygens (including phenoxy) is 3. The van der Waals surface area contributed by atoms with E-state index in [0.717, 1.165) is 6.21 Å². The number of nitrogens with zero attached hydrogens (tertiary/aromatic N) is 1. The van der Waals surface area contributed by atoms with Crippen molar-refractivity contribution < 1.29 is 33.4 Å². The van der Waals surface area contributed by atoms with E-state index in [1.165, 1.54) is 6.92 Å². The van der Waals surface area contributed by atoms with E-state index >= 15 is 0 Å². The van der Waals surface area contributed by atoms with E-state index in [-0.39, 0.29) is 26.1 Å². The van der Waals surface area contributed by atoms with Gasteiger partial charge in [-0.15, -0.1) is 0 Å². The van der Waals surface area contributed by atoms with E-state index in [0.29, 0.717) is 13.2 Å². The lowest BCUT2D eigenvalue weighted by Gasteiger charge is -2.15. The van der Waals surface area contributed by atoms with Crippen LogP contribution in [-0.2, 0) is 28.6 Å². The molecule has 0 aromatic heterocycles. The number of ketones is 1. The summed E-state index contributed by atoms with van der Waals surface area (Å²) in [6.45, 7) is 2.36. The lowest BCUT2D eigenvalue weighted by molar-refractivity contribution is -0.149. The highest BCUT2D eigenvalue weighted by molar-refractivity contribution is 6.25. The van der Waals surface area contributed by atoms with Gasteiger partial charge < -0.3 is 19.5 Å². The SMILES string of the molecule is COCCOCCOC(=O)[C@H](CCC(=O)C=[N+]=N)NC(C)=O. The van der Waals surface area contributed by atoms with E-state index in [9.17, 15) is 14.4 Å². The fraction of sp³-hybridized carbons (Fsp3) is 0.692. The third-order valence-electron chi connectivity index (χ3n) is 2.45. The quantitative estimate of drug-likeness (QED) is 0.162. The van der Waals surface area contributed by atoms with E-state index in [1.807, 2.05) is 0 Å². The zero-order chi connectivity index (χ0) is 16.8. The third kappa shape index (κ3) is 10.7. The number of Topliss-reactive ketones (excluding diaryl/α,β-unsaturated/α-hetero) is 1. The van der Waals surface area contributed by atoms with Crippen molar-refractivity contribution in [2.24, 2.45) is 0 Å². The average molecular weight is 316 g/mol. The Hall–Kier alpha value is -2.09. The molecule has 0 aliphatic heterocycles. The molecule has 0 heterocycles. The smallest absolute Gasteiger partial charge is 0.372 e. The molecule has 9 nitrogen and oxygen atoms in total. The molecule has 1 atom stereocenters. The second-order valence-corrected chi connectivity index (χ2v) is 4.29. The summed E-state index contributed by atoms with van der Waals surface area (Å²) >= 11 is 0. The molecule has 1 amide bonds. The summed E-state index contributed by atoms with van der Waals surface area (Å²) in [5.74, 6) is -1.44. The van der Waals surface area contributed by atoms with Crippen molar-refractivity contribution in [2.75, 3.05) is 33.5 Å². The highest BCUT2D eigenvalue weighted by Crippen LogP contribution is 2.01. The van der Waals surface area contributed by atoms with Crippen molar-refractivity contribution in [3.8, 4) is 0 Å². The molecule has 0 spiro atoms. The minimum Gasteiger partial charge on any atom is -0.462 e. The predicted molar refractivity (Wildman–Crippen MR) is 74.5 cm³/mol. The monoisotopic (exact) mass is 316 g/mol. The van der Waals surface area contributed by atoms with Gasteiger partial charge in [-0.1, -0.05) is 0 Å². The Labute approximate surface area is 128 Å². The second-order valence-electron chi connectivity index (χ2n) is 4.29. The summed E-state index contributed by atoms with van der Waals surface area (Å²) in [5.41, 5.74) is 6.54. The van der Waals surface area contributed by atoms with Gasteiger partial charge in [-0.25, -0.2) is 4.79 Å². The van der Waals surface area contributed by atoms with Crippen LogP contribution in [0.2, 0.25) is 0 Å². The lowest BCUT2D eigenvalue weighted by Crippen LogP contribution is -2.41. The van der Waals surface area contributed by atoms with E-state index in [4.69, 9.17) is 19.7 Å². The molecule has 0 bridgehead atoms. The molecule has 124 valence electrons. The van der Waals surface area contributed by atoms with Crippen LogP contribution in [0.4, 0.5) is 0 Å². The Morgan fingerprint density at radius 2 is 1.91 bits per heavy atom. The minimum absolute atomic E-state index is 0.0211. The molecular weight excluding hydrogens is 294 g/mol. The number of carbonyl (C=O) groups is 3. The Balaban J connectivity index is 4.18. The molecule has 0 saturated carbocycles. The Morgan fingerprint density at radius 3 is 2.50 bits per heavy atom. The first-order valence-electron chi connectivity index (χ1n) is 6.74. The number of rotatable bonds is 12. The first kappa shape index (κ1) is 19.9. The van der Waals surface area contributed by atoms with Crippen molar-refractivity contribution in [3.63, 3.8) is 0 Å². The number of esters is 1. The Kier molecular flexibility index (Phi) is 11.4. The molecule has 22 heavy (non-hydrogen) atoms. The summed E-state index contributed by atoms with van der Waals surface area (Å²) in [5, 5.41) is 2.42. The van der Waals surface area contributed by atoms with E-state index in [1.54, 1.807) is 7.11 Å². The summed E-state index contributed by atoms with van der Waals surface area (Å²) < 4.78 is 14.9. The molecule has 2 N–H and O–H groups in total. The summed E-state index contributed by atoms with van der Waals surface area (Å²) in [6.07, 6.45) is 0.903. The average Bonchev–Trinajstić information content (AvgIpc) is 2.46. The van der Waals surface area contributed by atoms with Crippen LogP contribution in [0.1, 0.15) is 19.8 Å². The fourth-order valence-electron chi connectivity index (χ4n) is 1.46. The molecule has 0 aliphatic rings. The van der Waals surface area contributed by atoms with Crippen LogP contribution in [0.5, 0.6) is 0 Å².